The predicted molar refractivity (Wildman–Crippen MR) is 195 cm³/mol. The molecule has 0 radical (unpaired) electrons. The Morgan fingerprint density at radius 1 is 0.400 bits per heavy atom. The van der Waals surface area contributed by atoms with Crippen LogP contribution < -0.4 is 0 Å². The van der Waals surface area contributed by atoms with E-state index in [9.17, 15) is 0 Å². The second-order valence-corrected chi connectivity index (χ2v) is 13.0. The van der Waals surface area contributed by atoms with E-state index in [-0.39, 0.29) is 5.41 Å². The minimum absolute atomic E-state index is 0.0273. The predicted octanol–water partition coefficient (Wildman–Crippen LogP) is 12.6. The van der Waals surface area contributed by atoms with E-state index in [2.05, 4.69) is 172 Å². The van der Waals surface area contributed by atoms with Gasteiger partial charge in [-0.15, -0.1) is 0 Å². The molecule has 9 rings (SSSR count). The first-order valence-corrected chi connectivity index (χ1v) is 15.9. The van der Waals surface area contributed by atoms with Gasteiger partial charge in [0.15, 0.2) is 0 Å². The summed E-state index contributed by atoms with van der Waals surface area (Å²) in [6, 6.07) is 54.0. The average Bonchev–Trinajstić information content (AvgIpc) is 3.40. The van der Waals surface area contributed by atoms with Crippen molar-refractivity contribution in [2.24, 2.45) is 0 Å². The maximum Gasteiger partial charge on any atom is 0.00847 e. The van der Waals surface area contributed by atoms with E-state index in [1.165, 1.54) is 87.6 Å². The summed E-state index contributed by atoms with van der Waals surface area (Å²) in [4.78, 5) is 0. The Balaban J connectivity index is 1.38. The van der Waals surface area contributed by atoms with Crippen molar-refractivity contribution in [3.05, 3.63) is 163 Å². The lowest BCUT2D eigenvalue weighted by Crippen LogP contribution is -2.10. The zero-order chi connectivity index (χ0) is 30.1. The Hall–Kier alpha value is -5.46. The highest BCUT2D eigenvalue weighted by atomic mass is 14.3. The third-order valence-corrected chi connectivity index (χ3v) is 9.88. The standard InChI is InChI=1S/C45H32/c1-45(2)25-24-30-20-21-32(28-42(30)45)43-37-16-8-10-18-39(37)44(40-19-11-9-17-38(40)43)41-27-33-26-31(29-12-4-3-5-13-29)22-23-34(33)35-14-6-7-15-36(35)41/h3-28H,1-2H3. The number of fused-ring (bicyclic) bond motifs is 6. The summed E-state index contributed by atoms with van der Waals surface area (Å²) in [5, 5.41) is 10.3. The Morgan fingerprint density at radius 3 is 1.67 bits per heavy atom. The topological polar surface area (TPSA) is 0 Å². The van der Waals surface area contributed by atoms with Crippen LogP contribution in [0.3, 0.4) is 0 Å². The maximum atomic E-state index is 2.43. The molecule has 45 heavy (non-hydrogen) atoms. The van der Waals surface area contributed by atoms with Crippen molar-refractivity contribution in [2.45, 2.75) is 19.3 Å². The normalized spacial score (nSPS) is 13.6. The second-order valence-electron chi connectivity index (χ2n) is 13.0. The number of allylic oxidation sites excluding steroid dienone is 1. The van der Waals surface area contributed by atoms with E-state index in [1.807, 2.05) is 0 Å². The van der Waals surface area contributed by atoms with Crippen LogP contribution in [0.1, 0.15) is 25.0 Å². The monoisotopic (exact) mass is 572 g/mol. The van der Waals surface area contributed by atoms with E-state index in [0.717, 1.165) is 0 Å². The summed E-state index contributed by atoms with van der Waals surface area (Å²) in [7, 11) is 0. The fourth-order valence-corrected chi connectivity index (χ4v) is 7.66. The molecule has 0 saturated heterocycles. The molecular formula is C45H32. The highest BCUT2D eigenvalue weighted by Gasteiger charge is 2.26. The molecule has 0 fully saturated rings. The molecule has 0 heterocycles. The minimum Gasteiger partial charge on any atom is -0.0739 e. The van der Waals surface area contributed by atoms with Gasteiger partial charge in [0, 0.05) is 5.41 Å². The molecule has 0 amide bonds. The van der Waals surface area contributed by atoms with Gasteiger partial charge in [0.1, 0.15) is 0 Å². The fraction of sp³-hybridized carbons (Fsp3) is 0.0667. The zero-order valence-corrected chi connectivity index (χ0v) is 25.5. The zero-order valence-electron chi connectivity index (χ0n) is 25.5. The summed E-state index contributed by atoms with van der Waals surface area (Å²) < 4.78 is 0. The van der Waals surface area contributed by atoms with E-state index >= 15 is 0 Å². The van der Waals surface area contributed by atoms with Crippen LogP contribution in [0.2, 0.25) is 0 Å². The van der Waals surface area contributed by atoms with Gasteiger partial charge in [-0.05, 0) is 106 Å². The van der Waals surface area contributed by atoms with Crippen molar-refractivity contribution >= 4 is 49.2 Å². The van der Waals surface area contributed by atoms with Crippen LogP contribution in [-0.2, 0) is 5.41 Å². The van der Waals surface area contributed by atoms with Crippen molar-refractivity contribution in [3.63, 3.8) is 0 Å². The Morgan fingerprint density at radius 2 is 0.978 bits per heavy atom. The number of hydrogen-bond donors (Lipinski definition) is 0. The average molecular weight is 573 g/mol. The van der Waals surface area contributed by atoms with Crippen LogP contribution in [0.15, 0.2) is 152 Å². The van der Waals surface area contributed by atoms with Crippen molar-refractivity contribution in [2.75, 3.05) is 0 Å². The molecule has 0 aliphatic heterocycles. The summed E-state index contributed by atoms with van der Waals surface area (Å²) in [6.07, 6.45) is 4.60. The maximum absolute atomic E-state index is 2.43. The smallest absolute Gasteiger partial charge is 0.00847 e. The lowest BCUT2D eigenvalue weighted by molar-refractivity contribution is 0.684. The van der Waals surface area contributed by atoms with E-state index in [4.69, 9.17) is 0 Å². The highest BCUT2D eigenvalue weighted by Crippen LogP contribution is 2.48. The molecule has 0 N–H and O–H groups in total. The largest absolute Gasteiger partial charge is 0.0739 e. The summed E-state index contributed by atoms with van der Waals surface area (Å²) >= 11 is 0. The van der Waals surface area contributed by atoms with Crippen LogP contribution in [0.4, 0.5) is 0 Å². The molecule has 0 heteroatoms. The first-order chi connectivity index (χ1) is 22.1. The summed E-state index contributed by atoms with van der Waals surface area (Å²) in [5.41, 5.74) is 10.4. The SMILES string of the molecule is CC1(C)C=Cc2ccc(-c3c4ccccc4c(-c4cc5cc(-c6ccccc6)ccc5c5ccccc45)c4ccccc34)cc21. The number of hydrogen-bond acceptors (Lipinski definition) is 0. The molecule has 0 spiro atoms. The third kappa shape index (κ3) is 3.99. The first kappa shape index (κ1) is 26.0. The van der Waals surface area contributed by atoms with Crippen molar-refractivity contribution < 1.29 is 0 Å². The van der Waals surface area contributed by atoms with Gasteiger partial charge in [-0.25, -0.2) is 0 Å². The summed E-state index contributed by atoms with van der Waals surface area (Å²) in [5.74, 6) is 0. The van der Waals surface area contributed by atoms with E-state index in [1.54, 1.807) is 0 Å². The van der Waals surface area contributed by atoms with Gasteiger partial charge in [0.05, 0.1) is 0 Å². The Bertz CT molecular complexity index is 2440. The lowest BCUT2D eigenvalue weighted by Gasteiger charge is -2.22. The van der Waals surface area contributed by atoms with Gasteiger partial charge in [0.2, 0.25) is 0 Å². The van der Waals surface area contributed by atoms with E-state index < -0.39 is 0 Å². The third-order valence-electron chi connectivity index (χ3n) is 9.88. The number of rotatable bonds is 3. The molecule has 0 unspecified atom stereocenters. The van der Waals surface area contributed by atoms with Gasteiger partial charge in [0.25, 0.3) is 0 Å². The molecule has 0 nitrogen and oxygen atoms in total. The number of benzene rings is 8. The molecule has 0 saturated carbocycles. The molecular weight excluding hydrogens is 540 g/mol. The lowest BCUT2D eigenvalue weighted by atomic mass is 9.81. The van der Waals surface area contributed by atoms with Crippen molar-refractivity contribution in [3.8, 4) is 33.4 Å². The van der Waals surface area contributed by atoms with Crippen LogP contribution in [-0.4, -0.2) is 0 Å². The van der Waals surface area contributed by atoms with Gasteiger partial charge in [-0.3, -0.25) is 0 Å². The van der Waals surface area contributed by atoms with Gasteiger partial charge in [-0.1, -0.05) is 153 Å². The minimum atomic E-state index is 0.0273. The van der Waals surface area contributed by atoms with E-state index in [0.29, 0.717) is 0 Å². The highest BCUT2D eigenvalue weighted by molar-refractivity contribution is 6.25. The van der Waals surface area contributed by atoms with Crippen LogP contribution in [0, 0.1) is 0 Å². The molecule has 0 bridgehead atoms. The molecule has 8 aromatic carbocycles. The van der Waals surface area contributed by atoms with Crippen molar-refractivity contribution in [1.29, 1.82) is 0 Å². The molecule has 1 aliphatic carbocycles. The Labute approximate surface area is 263 Å². The molecule has 0 atom stereocenters. The molecule has 8 aromatic rings. The van der Waals surface area contributed by atoms with Crippen LogP contribution >= 0.6 is 0 Å². The second kappa shape index (κ2) is 9.78. The quantitative estimate of drug-likeness (QED) is 0.146. The van der Waals surface area contributed by atoms with Gasteiger partial charge < -0.3 is 0 Å². The summed E-state index contributed by atoms with van der Waals surface area (Å²) in [6.45, 7) is 4.62. The van der Waals surface area contributed by atoms with Crippen LogP contribution in [0.5, 0.6) is 0 Å². The fourth-order valence-electron chi connectivity index (χ4n) is 7.66. The van der Waals surface area contributed by atoms with Gasteiger partial charge in [-0.2, -0.15) is 0 Å². The molecule has 0 aromatic heterocycles. The first-order valence-electron chi connectivity index (χ1n) is 15.9. The molecule has 1 aliphatic rings. The van der Waals surface area contributed by atoms with Crippen molar-refractivity contribution in [1.82, 2.24) is 0 Å². The van der Waals surface area contributed by atoms with Crippen LogP contribution in [0.25, 0.3) is 82.5 Å². The Kier molecular flexibility index (Phi) is 5.64. The van der Waals surface area contributed by atoms with Gasteiger partial charge >= 0.3 is 0 Å². The molecule has 212 valence electrons.